The van der Waals surface area contributed by atoms with Crippen molar-refractivity contribution < 1.29 is 1.43 Å². The van der Waals surface area contributed by atoms with E-state index < -0.39 is 0 Å². The van der Waals surface area contributed by atoms with Gasteiger partial charge in [-0.1, -0.05) is 46.8 Å². The Balaban J connectivity index is 0. The predicted octanol–water partition coefficient (Wildman–Crippen LogP) is 5.62. The van der Waals surface area contributed by atoms with Gasteiger partial charge in [-0.15, -0.1) is 0 Å². The summed E-state index contributed by atoms with van der Waals surface area (Å²) in [7, 11) is 0. The van der Waals surface area contributed by atoms with Crippen molar-refractivity contribution in [2.24, 2.45) is 4.99 Å². The van der Waals surface area contributed by atoms with Crippen molar-refractivity contribution >= 4 is 11.8 Å². The molecule has 19 heavy (non-hydrogen) atoms. The van der Waals surface area contributed by atoms with Gasteiger partial charge in [-0.25, -0.2) is 0 Å². The second kappa shape index (κ2) is 10.4. The summed E-state index contributed by atoms with van der Waals surface area (Å²) in [6.07, 6.45) is 9.43. The fraction of sp³-hybridized carbons (Fsp3) is 0.471. The maximum atomic E-state index is 4.16. The Kier molecular flexibility index (Phi) is 9.51. The van der Waals surface area contributed by atoms with Crippen molar-refractivity contribution in [3.63, 3.8) is 0 Å². The molecule has 2 heteroatoms. The third kappa shape index (κ3) is 5.73. The van der Waals surface area contributed by atoms with E-state index in [1.54, 1.807) is 6.20 Å². The molecule has 2 rings (SSSR count). The Bertz CT molecular complexity index is 428. The maximum Gasteiger partial charge on any atom is 0.0607 e. The molecular weight excluding hydrogens is 232 g/mol. The molecule has 2 nitrogen and oxygen atoms in total. The van der Waals surface area contributed by atoms with E-state index in [4.69, 9.17) is 0 Å². The summed E-state index contributed by atoms with van der Waals surface area (Å²) < 4.78 is 0. The van der Waals surface area contributed by atoms with Gasteiger partial charge in [0.05, 0.1) is 11.4 Å². The van der Waals surface area contributed by atoms with E-state index in [1.807, 2.05) is 20.8 Å². The number of H-pyrrole nitrogens is 1. The lowest BCUT2D eigenvalue weighted by Crippen LogP contribution is -1.93. The molecule has 0 aromatic carbocycles. The summed E-state index contributed by atoms with van der Waals surface area (Å²) in [5, 5.41) is 0. The molecule has 1 aromatic heterocycles. The Morgan fingerprint density at radius 1 is 1.47 bits per heavy atom. The first kappa shape index (κ1) is 17.4. The fourth-order valence-corrected chi connectivity index (χ4v) is 1.71. The highest BCUT2D eigenvalue weighted by Crippen LogP contribution is 2.20. The van der Waals surface area contributed by atoms with Gasteiger partial charge in [0.1, 0.15) is 0 Å². The molecule has 0 radical (unpaired) electrons. The zero-order valence-electron chi connectivity index (χ0n) is 13.1. The zero-order chi connectivity index (χ0) is 14.7. The van der Waals surface area contributed by atoms with Crippen LogP contribution in [0.3, 0.4) is 0 Å². The molecule has 0 spiro atoms. The van der Waals surface area contributed by atoms with E-state index in [0.717, 1.165) is 24.2 Å². The van der Waals surface area contributed by atoms with Crippen LogP contribution >= 0.6 is 0 Å². The summed E-state index contributed by atoms with van der Waals surface area (Å²) in [5.41, 5.74) is 4.70. The molecule has 1 aliphatic carbocycles. The standard InChI is InChI=1S/C12H14N2.C3H8.C2H6.H2/c1-3-13-9(2)12-8-10-6-4-5-7-11(10)14-12;1-3-2;1-2;/h3,5,7-8,14H,1,4,6H2,2H3;3H2,1-2H3;1-2H3;1H. The van der Waals surface area contributed by atoms with E-state index >= 15 is 0 Å². The number of aryl methyl sites for hydroxylation is 1. The highest BCUT2D eigenvalue weighted by molar-refractivity contribution is 5.98. The lowest BCUT2D eigenvalue weighted by molar-refractivity contribution is 0.985. The molecule has 1 aliphatic rings. The van der Waals surface area contributed by atoms with Gasteiger partial charge < -0.3 is 4.98 Å². The second-order valence-corrected chi connectivity index (χ2v) is 4.17. The monoisotopic (exact) mass is 262 g/mol. The summed E-state index contributed by atoms with van der Waals surface area (Å²) >= 11 is 0. The third-order valence-corrected chi connectivity index (χ3v) is 2.47. The largest absolute Gasteiger partial charge is 0.354 e. The number of hydrogen-bond acceptors (Lipinski definition) is 1. The Labute approximate surface area is 119 Å². The van der Waals surface area contributed by atoms with Crippen molar-refractivity contribution in [1.82, 2.24) is 4.98 Å². The molecular formula is C17H30N2. The molecule has 0 amide bonds. The number of rotatable bonds is 2. The Hall–Kier alpha value is -1.57. The van der Waals surface area contributed by atoms with Crippen LogP contribution in [0.1, 0.15) is 65.8 Å². The first-order chi connectivity index (χ1) is 9.22. The number of aromatic nitrogens is 1. The van der Waals surface area contributed by atoms with Crippen LogP contribution in [-0.2, 0) is 6.42 Å². The molecule has 0 bridgehead atoms. The quantitative estimate of drug-likeness (QED) is 0.670. The zero-order valence-corrected chi connectivity index (χ0v) is 13.1. The summed E-state index contributed by atoms with van der Waals surface area (Å²) in [6.45, 7) is 13.8. The Morgan fingerprint density at radius 2 is 2.11 bits per heavy atom. The minimum Gasteiger partial charge on any atom is -0.354 e. The molecule has 0 saturated carbocycles. The van der Waals surface area contributed by atoms with E-state index in [9.17, 15) is 0 Å². The molecule has 0 atom stereocenters. The second-order valence-electron chi connectivity index (χ2n) is 4.17. The molecule has 108 valence electrons. The molecule has 0 aliphatic heterocycles. The summed E-state index contributed by atoms with van der Waals surface area (Å²) in [4.78, 5) is 7.52. The highest BCUT2D eigenvalue weighted by atomic mass is 14.8. The van der Waals surface area contributed by atoms with E-state index in [0.29, 0.717) is 0 Å². The summed E-state index contributed by atoms with van der Waals surface area (Å²) in [6, 6.07) is 2.18. The van der Waals surface area contributed by atoms with Crippen molar-refractivity contribution in [3.05, 3.63) is 41.9 Å². The van der Waals surface area contributed by atoms with Crippen LogP contribution in [0.25, 0.3) is 6.08 Å². The highest BCUT2D eigenvalue weighted by Gasteiger charge is 2.09. The topological polar surface area (TPSA) is 28.1 Å². The predicted molar refractivity (Wildman–Crippen MR) is 90.0 cm³/mol. The lowest BCUT2D eigenvalue weighted by Gasteiger charge is -2.01. The number of allylic oxidation sites excluding steroid dienone is 1. The van der Waals surface area contributed by atoms with E-state index in [1.165, 1.54) is 17.7 Å². The molecule has 1 aromatic rings. The van der Waals surface area contributed by atoms with Gasteiger partial charge in [0.2, 0.25) is 0 Å². The van der Waals surface area contributed by atoms with Crippen LogP contribution in [0.5, 0.6) is 0 Å². The molecule has 1 N–H and O–H groups in total. The van der Waals surface area contributed by atoms with Crippen LogP contribution in [0.4, 0.5) is 0 Å². The smallest absolute Gasteiger partial charge is 0.0607 e. The summed E-state index contributed by atoms with van der Waals surface area (Å²) in [5.74, 6) is 0. The van der Waals surface area contributed by atoms with Gasteiger partial charge >= 0.3 is 0 Å². The van der Waals surface area contributed by atoms with Crippen molar-refractivity contribution in [2.45, 2.75) is 53.9 Å². The van der Waals surface area contributed by atoms with Crippen LogP contribution in [-0.4, -0.2) is 10.7 Å². The van der Waals surface area contributed by atoms with Gasteiger partial charge in [-0.3, -0.25) is 4.99 Å². The number of nitrogens with one attached hydrogen (secondary N) is 1. The minimum atomic E-state index is 0. The number of hydrogen-bond donors (Lipinski definition) is 1. The number of aliphatic imine (C=N–C) groups is 1. The average molecular weight is 262 g/mol. The van der Waals surface area contributed by atoms with Gasteiger partial charge in [0.25, 0.3) is 0 Å². The molecule has 1 heterocycles. The number of aromatic amines is 1. The van der Waals surface area contributed by atoms with Gasteiger partial charge in [0, 0.05) is 13.3 Å². The van der Waals surface area contributed by atoms with Crippen LogP contribution in [0.2, 0.25) is 0 Å². The van der Waals surface area contributed by atoms with Gasteiger partial charge in [-0.05, 0) is 37.5 Å². The number of nitrogens with zero attached hydrogens (tertiary/aromatic N) is 1. The van der Waals surface area contributed by atoms with Crippen molar-refractivity contribution in [2.75, 3.05) is 0 Å². The first-order valence-electron chi connectivity index (χ1n) is 7.27. The molecule has 0 fully saturated rings. The van der Waals surface area contributed by atoms with Crippen LogP contribution < -0.4 is 0 Å². The third-order valence-electron chi connectivity index (χ3n) is 2.47. The average Bonchev–Trinajstić information content (AvgIpc) is 2.86. The molecule has 0 saturated heterocycles. The van der Waals surface area contributed by atoms with Crippen LogP contribution in [0.15, 0.2) is 29.9 Å². The normalized spacial score (nSPS) is 12.6. The number of fused-ring (bicyclic) bond motifs is 1. The maximum absolute atomic E-state index is 4.16. The van der Waals surface area contributed by atoms with Crippen molar-refractivity contribution in [1.29, 1.82) is 0 Å². The Morgan fingerprint density at radius 3 is 2.63 bits per heavy atom. The van der Waals surface area contributed by atoms with E-state index in [-0.39, 0.29) is 1.43 Å². The first-order valence-corrected chi connectivity index (χ1v) is 7.27. The van der Waals surface area contributed by atoms with Crippen molar-refractivity contribution in [3.8, 4) is 0 Å². The SMILES string of the molecule is C=CN=C(C)c1cc2c([nH]1)C=CCC2.CC.CCC.[HH]. The van der Waals surface area contributed by atoms with Gasteiger partial charge in [0.15, 0.2) is 0 Å². The minimum absolute atomic E-state index is 0. The molecule has 0 unspecified atom stereocenters. The van der Waals surface area contributed by atoms with Gasteiger partial charge in [-0.2, -0.15) is 0 Å². The lowest BCUT2D eigenvalue weighted by atomic mass is 10.0. The fourth-order valence-electron chi connectivity index (χ4n) is 1.71. The van der Waals surface area contributed by atoms with E-state index in [2.05, 4.69) is 48.6 Å². The van der Waals surface area contributed by atoms with Crippen LogP contribution in [0, 0.1) is 0 Å².